The molecule has 1 unspecified atom stereocenters. The molecule has 0 aliphatic rings. The molecule has 10 nitrogen and oxygen atoms in total. The minimum atomic E-state index is -1.03. The smallest absolute Gasteiger partial charge is 0.458 e. The van der Waals surface area contributed by atoms with Gasteiger partial charge >= 0.3 is 24.1 Å². The van der Waals surface area contributed by atoms with Crippen LogP contribution in [0.4, 0.5) is 4.79 Å². The van der Waals surface area contributed by atoms with Gasteiger partial charge in [0, 0.05) is 12.8 Å². The standard InChI is InChI=1S/C26H39NO9/c1-6-9-17(4)34-26(31)32-16-18(5)33-25(30)20(27)14-19-12-13-21(35-23(28)10-7-2)22(15-19)36-24(29)11-8-3/h12-13,15,17-18,20H,6-11,14,16,27H2,1-5H3/t17?,18-,20-/m0/s1. The summed E-state index contributed by atoms with van der Waals surface area (Å²) in [4.78, 5) is 48.1. The van der Waals surface area contributed by atoms with Crippen molar-refractivity contribution >= 4 is 24.1 Å². The molecule has 0 radical (unpaired) electrons. The highest BCUT2D eigenvalue weighted by Crippen LogP contribution is 2.30. The highest BCUT2D eigenvalue weighted by atomic mass is 16.7. The first kappa shape index (κ1) is 30.9. The topological polar surface area (TPSA) is 140 Å². The molecule has 0 aromatic heterocycles. The van der Waals surface area contributed by atoms with Crippen molar-refractivity contribution in [3.63, 3.8) is 0 Å². The minimum Gasteiger partial charge on any atom is -0.458 e. The molecule has 202 valence electrons. The third-order valence-corrected chi connectivity index (χ3v) is 4.87. The number of nitrogens with two attached hydrogens (primary N) is 1. The molecule has 36 heavy (non-hydrogen) atoms. The van der Waals surface area contributed by atoms with Crippen molar-refractivity contribution in [1.29, 1.82) is 0 Å². The molecule has 0 spiro atoms. The second-order valence-electron chi connectivity index (χ2n) is 8.57. The number of rotatable bonds is 15. The van der Waals surface area contributed by atoms with Crippen LogP contribution in [0.5, 0.6) is 11.5 Å². The summed E-state index contributed by atoms with van der Waals surface area (Å²) in [6, 6.07) is 3.60. The van der Waals surface area contributed by atoms with E-state index in [1.54, 1.807) is 19.9 Å². The molecule has 0 amide bonds. The van der Waals surface area contributed by atoms with Crippen LogP contribution in [-0.4, -0.2) is 48.9 Å². The van der Waals surface area contributed by atoms with Gasteiger partial charge < -0.3 is 29.4 Å². The molecule has 0 saturated carbocycles. The fraction of sp³-hybridized carbons (Fsp3) is 0.615. The number of hydrogen-bond acceptors (Lipinski definition) is 10. The number of carbonyl (C=O) groups excluding carboxylic acids is 4. The fourth-order valence-corrected chi connectivity index (χ4v) is 3.11. The average molecular weight is 510 g/mol. The zero-order valence-electron chi connectivity index (χ0n) is 21.9. The number of benzene rings is 1. The Morgan fingerprint density at radius 2 is 1.44 bits per heavy atom. The summed E-state index contributed by atoms with van der Waals surface area (Å²) in [6.07, 6.45) is 1.47. The predicted molar refractivity (Wildman–Crippen MR) is 132 cm³/mol. The molecule has 3 atom stereocenters. The number of carbonyl (C=O) groups is 4. The van der Waals surface area contributed by atoms with Crippen molar-refractivity contribution in [2.45, 2.75) is 97.8 Å². The van der Waals surface area contributed by atoms with Crippen molar-refractivity contribution < 1.29 is 42.9 Å². The highest BCUT2D eigenvalue weighted by molar-refractivity contribution is 5.77. The van der Waals surface area contributed by atoms with Crippen LogP contribution in [0.25, 0.3) is 0 Å². The Balaban J connectivity index is 2.74. The molecular formula is C26H39NO9. The van der Waals surface area contributed by atoms with Crippen LogP contribution in [-0.2, 0) is 35.0 Å². The molecule has 1 aromatic carbocycles. The quantitative estimate of drug-likeness (QED) is 0.269. The van der Waals surface area contributed by atoms with E-state index in [9.17, 15) is 19.2 Å². The normalized spacial score (nSPS) is 13.2. The van der Waals surface area contributed by atoms with Crippen molar-refractivity contribution in [1.82, 2.24) is 0 Å². The Morgan fingerprint density at radius 1 is 0.833 bits per heavy atom. The van der Waals surface area contributed by atoms with Crippen LogP contribution < -0.4 is 15.2 Å². The van der Waals surface area contributed by atoms with Crippen molar-refractivity contribution in [2.24, 2.45) is 5.73 Å². The maximum absolute atomic E-state index is 12.4. The molecular weight excluding hydrogens is 470 g/mol. The summed E-state index contributed by atoms with van der Waals surface area (Å²) < 4.78 is 26.0. The van der Waals surface area contributed by atoms with Crippen LogP contribution in [0.15, 0.2) is 18.2 Å². The minimum absolute atomic E-state index is 0.0739. The first-order valence-electron chi connectivity index (χ1n) is 12.4. The maximum atomic E-state index is 12.4. The molecule has 0 heterocycles. The van der Waals surface area contributed by atoms with Gasteiger partial charge in [-0.3, -0.25) is 14.4 Å². The van der Waals surface area contributed by atoms with Gasteiger partial charge in [-0.05, 0) is 57.2 Å². The van der Waals surface area contributed by atoms with E-state index in [1.165, 1.54) is 12.1 Å². The molecule has 0 fully saturated rings. The van der Waals surface area contributed by atoms with E-state index < -0.39 is 36.2 Å². The van der Waals surface area contributed by atoms with Crippen LogP contribution in [0.2, 0.25) is 0 Å². The van der Waals surface area contributed by atoms with E-state index >= 15 is 0 Å². The molecule has 0 bridgehead atoms. The van der Waals surface area contributed by atoms with Crippen molar-refractivity contribution in [3.8, 4) is 11.5 Å². The largest absolute Gasteiger partial charge is 0.508 e. The Bertz CT molecular complexity index is 871. The van der Waals surface area contributed by atoms with E-state index in [0.717, 1.165) is 12.8 Å². The molecule has 2 N–H and O–H groups in total. The van der Waals surface area contributed by atoms with E-state index in [4.69, 9.17) is 29.4 Å². The molecule has 1 rings (SSSR count). The van der Waals surface area contributed by atoms with Crippen LogP contribution in [0, 0.1) is 0 Å². The average Bonchev–Trinajstić information content (AvgIpc) is 2.79. The molecule has 0 aliphatic heterocycles. The summed E-state index contributed by atoms with van der Waals surface area (Å²) in [5, 5.41) is 0. The first-order valence-corrected chi connectivity index (χ1v) is 12.4. The lowest BCUT2D eigenvalue weighted by Crippen LogP contribution is -2.37. The van der Waals surface area contributed by atoms with Gasteiger partial charge in [-0.2, -0.15) is 0 Å². The Kier molecular flexibility index (Phi) is 14.2. The van der Waals surface area contributed by atoms with Gasteiger partial charge in [0.15, 0.2) is 11.5 Å². The monoisotopic (exact) mass is 509 g/mol. The molecule has 0 saturated heterocycles. The van der Waals surface area contributed by atoms with E-state index in [1.807, 2.05) is 20.8 Å². The van der Waals surface area contributed by atoms with Crippen LogP contribution in [0.3, 0.4) is 0 Å². The Morgan fingerprint density at radius 3 is 2.03 bits per heavy atom. The lowest BCUT2D eigenvalue weighted by atomic mass is 10.1. The summed E-state index contributed by atoms with van der Waals surface area (Å²) in [6.45, 7) is 8.83. The second kappa shape index (κ2) is 16.5. The van der Waals surface area contributed by atoms with Gasteiger partial charge in [0.05, 0.1) is 0 Å². The van der Waals surface area contributed by atoms with Crippen molar-refractivity contribution in [3.05, 3.63) is 23.8 Å². The lowest BCUT2D eigenvalue weighted by Gasteiger charge is -2.18. The molecule has 10 heteroatoms. The predicted octanol–water partition coefficient (Wildman–Crippen LogP) is 4.24. The third kappa shape index (κ3) is 12.0. The number of hydrogen-bond donors (Lipinski definition) is 1. The molecule has 1 aromatic rings. The zero-order chi connectivity index (χ0) is 27.1. The van der Waals surface area contributed by atoms with Gasteiger partial charge in [-0.15, -0.1) is 0 Å². The zero-order valence-corrected chi connectivity index (χ0v) is 21.9. The second-order valence-corrected chi connectivity index (χ2v) is 8.57. The SMILES string of the molecule is CCCC(=O)Oc1ccc(C[C@H](N)C(=O)O[C@@H](C)COC(=O)OC(C)CCC)cc1OC(=O)CCC. The van der Waals surface area contributed by atoms with Gasteiger partial charge in [0.2, 0.25) is 0 Å². The van der Waals surface area contributed by atoms with E-state index in [2.05, 4.69) is 0 Å². The van der Waals surface area contributed by atoms with Gasteiger partial charge in [-0.1, -0.05) is 33.3 Å². The van der Waals surface area contributed by atoms with Gasteiger partial charge in [0.1, 0.15) is 24.9 Å². The van der Waals surface area contributed by atoms with Gasteiger partial charge in [0.25, 0.3) is 0 Å². The maximum Gasteiger partial charge on any atom is 0.508 e. The Labute approximate surface area is 212 Å². The van der Waals surface area contributed by atoms with Gasteiger partial charge in [-0.25, -0.2) is 4.79 Å². The summed E-state index contributed by atoms with van der Waals surface area (Å²) >= 11 is 0. The fourth-order valence-electron chi connectivity index (χ4n) is 3.11. The van der Waals surface area contributed by atoms with E-state index in [-0.39, 0.29) is 43.5 Å². The lowest BCUT2D eigenvalue weighted by molar-refractivity contribution is -0.152. The summed E-state index contributed by atoms with van der Waals surface area (Å²) in [5.41, 5.74) is 6.59. The van der Waals surface area contributed by atoms with E-state index in [0.29, 0.717) is 18.4 Å². The Hall–Kier alpha value is -3.14. The summed E-state index contributed by atoms with van der Waals surface area (Å²) in [5.74, 6) is -1.42. The highest BCUT2D eigenvalue weighted by Gasteiger charge is 2.22. The third-order valence-electron chi connectivity index (χ3n) is 4.87. The summed E-state index contributed by atoms with van der Waals surface area (Å²) in [7, 11) is 0. The molecule has 0 aliphatic carbocycles. The van der Waals surface area contributed by atoms with Crippen LogP contribution in [0.1, 0.15) is 78.7 Å². The van der Waals surface area contributed by atoms with Crippen molar-refractivity contribution in [2.75, 3.05) is 6.61 Å². The number of esters is 3. The number of ether oxygens (including phenoxy) is 5. The first-order chi connectivity index (χ1) is 17.1. The van der Waals surface area contributed by atoms with Crippen LogP contribution >= 0.6 is 0 Å².